The van der Waals surface area contributed by atoms with Crippen molar-refractivity contribution in [2.75, 3.05) is 38.3 Å². The number of thioether (sulfide) groups is 1. The van der Waals surface area contributed by atoms with Gasteiger partial charge in [-0.1, -0.05) is 54.3 Å². The summed E-state index contributed by atoms with van der Waals surface area (Å²) in [6.07, 6.45) is 1.85. The van der Waals surface area contributed by atoms with Crippen LogP contribution in [0.25, 0.3) is 6.08 Å². The number of rotatable bonds is 5. The molecule has 0 bridgehead atoms. The summed E-state index contributed by atoms with van der Waals surface area (Å²) in [6, 6.07) is 17.0. The molecule has 0 unspecified atom stereocenters. The van der Waals surface area contributed by atoms with Gasteiger partial charge in [0.1, 0.15) is 4.32 Å². The van der Waals surface area contributed by atoms with Crippen molar-refractivity contribution in [1.29, 1.82) is 0 Å². The number of nitrogens with one attached hydrogen (secondary N) is 1. The van der Waals surface area contributed by atoms with E-state index in [9.17, 15) is 9.59 Å². The third-order valence-corrected chi connectivity index (χ3v) is 6.22. The first-order valence-corrected chi connectivity index (χ1v) is 10.9. The maximum atomic E-state index is 12.7. The van der Waals surface area contributed by atoms with Crippen molar-refractivity contribution in [2.24, 2.45) is 0 Å². The molecule has 154 valence electrons. The van der Waals surface area contributed by atoms with Crippen LogP contribution in [0.3, 0.4) is 0 Å². The number of benzene rings is 2. The van der Waals surface area contributed by atoms with Crippen LogP contribution in [-0.4, -0.2) is 58.9 Å². The third kappa shape index (κ3) is 4.72. The van der Waals surface area contributed by atoms with Gasteiger partial charge in [-0.3, -0.25) is 14.5 Å². The largest absolute Gasteiger partial charge is 0.378 e. The van der Waals surface area contributed by atoms with Gasteiger partial charge >= 0.3 is 0 Å². The highest BCUT2D eigenvalue weighted by Crippen LogP contribution is 2.32. The molecule has 8 heteroatoms. The van der Waals surface area contributed by atoms with Crippen LogP contribution in [0.4, 0.5) is 5.69 Å². The van der Waals surface area contributed by atoms with Crippen molar-refractivity contribution in [3.8, 4) is 0 Å². The van der Waals surface area contributed by atoms with Gasteiger partial charge in [-0.2, -0.15) is 0 Å². The molecule has 2 aromatic rings. The highest BCUT2D eigenvalue weighted by atomic mass is 32.2. The second kappa shape index (κ2) is 9.42. The van der Waals surface area contributed by atoms with Gasteiger partial charge < -0.3 is 15.0 Å². The van der Waals surface area contributed by atoms with Crippen molar-refractivity contribution < 1.29 is 14.3 Å². The van der Waals surface area contributed by atoms with Crippen LogP contribution in [0.1, 0.15) is 15.9 Å². The lowest BCUT2D eigenvalue weighted by molar-refractivity contribution is -0.121. The summed E-state index contributed by atoms with van der Waals surface area (Å²) in [7, 11) is 0. The van der Waals surface area contributed by atoms with E-state index in [1.165, 1.54) is 11.8 Å². The second-order valence-electron chi connectivity index (χ2n) is 6.84. The van der Waals surface area contributed by atoms with Gasteiger partial charge in [0, 0.05) is 24.3 Å². The lowest BCUT2D eigenvalue weighted by atomic mass is 10.1. The van der Waals surface area contributed by atoms with E-state index in [1.807, 2.05) is 48.5 Å². The van der Waals surface area contributed by atoms with Crippen LogP contribution in [0.15, 0.2) is 59.5 Å². The fraction of sp³-hybridized carbons (Fsp3) is 0.227. The molecule has 2 aliphatic heterocycles. The molecule has 0 radical (unpaired) electrons. The Bertz CT molecular complexity index is 971. The zero-order chi connectivity index (χ0) is 20.9. The van der Waals surface area contributed by atoms with Gasteiger partial charge in [0.25, 0.3) is 11.8 Å². The summed E-state index contributed by atoms with van der Waals surface area (Å²) < 4.78 is 5.81. The summed E-state index contributed by atoms with van der Waals surface area (Å²) in [6.45, 7) is 2.66. The maximum absolute atomic E-state index is 12.7. The van der Waals surface area contributed by atoms with Crippen LogP contribution in [0.2, 0.25) is 0 Å². The van der Waals surface area contributed by atoms with E-state index < -0.39 is 0 Å². The third-order valence-electron chi connectivity index (χ3n) is 4.84. The number of hydrogen-bond donors (Lipinski definition) is 1. The molecule has 2 amide bonds. The number of nitrogens with zero attached hydrogens (tertiary/aromatic N) is 2. The Morgan fingerprint density at radius 2 is 1.80 bits per heavy atom. The Hall–Kier alpha value is -2.68. The Kier molecular flexibility index (Phi) is 6.47. The van der Waals surface area contributed by atoms with E-state index in [0.717, 1.165) is 11.3 Å². The van der Waals surface area contributed by atoms with Gasteiger partial charge in [0.15, 0.2) is 0 Å². The number of amides is 2. The minimum atomic E-state index is -0.111. The van der Waals surface area contributed by atoms with Crippen molar-refractivity contribution in [2.45, 2.75) is 0 Å². The molecule has 0 saturated carbocycles. The monoisotopic (exact) mass is 439 g/mol. The number of ether oxygens (including phenoxy) is 1. The summed E-state index contributed by atoms with van der Waals surface area (Å²) in [5, 5.41) is 3.21. The van der Waals surface area contributed by atoms with E-state index in [1.54, 1.807) is 21.9 Å². The number of morpholine rings is 1. The fourth-order valence-electron chi connectivity index (χ4n) is 3.19. The van der Waals surface area contributed by atoms with Gasteiger partial charge in [-0.25, -0.2) is 0 Å². The molecular weight excluding hydrogens is 418 g/mol. The van der Waals surface area contributed by atoms with E-state index >= 15 is 0 Å². The molecule has 2 fully saturated rings. The Balaban J connectivity index is 1.36. The Morgan fingerprint density at radius 1 is 1.10 bits per heavy atom. The zero-order valence-electron chi connectivity index (χ0n) is 16.2. The Labute approximate surface area is 184 Å². The van der Waals surface area contributed by atoms with Crippen LogP contribution in [-0.2, 0) is 9.53 Å². The van der Waals surface area contributed by atoms with Crippen LogP contribution >= 0.6 is 24.0 Å². The van der Waals surface area contributed by atoms with E-state index in [-0.39, 0.29) is 18.5 Å². The number of carbonyl (C=O) groups is 2. The quantitative estimate of drug-likeness (QED) is 0.569. The van der Waals surface area contributed by atoms with Crippen LogP contribution in [0, 0.1) is 0 Å². The number of anilines is 1. The first-order valence-electron chi connectivity index (χ1n) is 9.63. The Morgan fingerprint density at radius 3 is 2.50 bits per heavy atom. The van der Waals surface area contributed by atoms with E-state index in [0.29, 0.717) is 41.1 Å². The number of hydrogen-bond acceptors (Lipinski definition) is 6. The van der Waals surface area contributed by atoms with Gasteiger partial charge in [0.2, 0.25) is 0 Å². The summed E-state index contributed by atoms with van der Waals surface area (Å²) >= 11 is 6.68. The highest BCUT2D eigenvalue weighted by Gasteiger charge is 2.31. The SMILES string of the molecule is O=C(c1ccc(NCN2C(=O)/C(=C/c3ccccc3)SC2=S)cc1)N1CCOCC1. The molecule has 2 aliphatic rings. The standard InChI is InChI=1S/C22H21N3O3S2/c26-20(24-10-12-28-13-11-24)17-6-8-18(9-7-17)23-15-25-21(27)19(30-22(25)29)14-16-4-2-1-3-5-16/h1-9,14,23H,10-13,15H2/b19-14-. The molecule has 0 aromatic heterocycles. The number of thiocarbonyl (C=S) groups is 1. The second-order valence-corrected chi connectivity index (χ2v) is 8.51. The van der Waals surface area contributed by atoms with Crippen molar-refractivity contribution in [1.82, 2.24) is 9.80 Å². The molecular formula is C22H21N3O3S2. The molecule has 30 heavy (non-hydrogen) atoms. The average molecular weight is 440 g/mol. The van der Waals surface area contributed by atoms with Crippen molar-refractivity contribution >= 4 is 51.9 Å². The van der Waals surface area contributed by atoms with E-state index in [4.69, 9.17) is 17.0 Å². The van der Waals surface area contributed by atoms with E-state index in [2.05, 4.69) is 5.32 Å². The molecule has 1 N–H and O–H groups in total. The lowest BCUT2D eigenvalue weighted by Crippen LogP contribution is -2.40. The molecule has 2 heterocycles. The molecule has 0 atom stereocenters. The van der Waals surface area contributed by atoms with Crippen LogP contribution in [0.5, 0.6) is 0 Å². The normalized spacial score (nSPS) is 18.2. The molecule has 6 nitrogen and oxygen atoms in total. The molecule has 2 saturated heterocycles. The van der Waals surface area contributed by atoms with Crippen molar-refractivity contribution in [3.05, 3.63) is 70.6 Å². The summed E-state index contributed by atoms with van der Waals surface area (Å²) in [5.41, 5.74) is 2.42. The molecule has 2 aromatic carbocycles. The lowest BCUT2D eigenvalue weighted by Gasteiger charge is -2.27. The molecule has 0 aliphatic carbocycles. The minimum Gasteiger partial charge on any atom is -0.378 e. The maximum Gasteiger partial charge on any atom is 0.267 e. The predicted octanol–water partition coefficient (Wildman–Crippen LogP) is 3.43. The molecule has 0 spiro atoms. The summed E-state index contributed by atoms with van der Waals surface area (Å²) in [5.74, 6) is -0.103. The number of carbonyl (C=O) groups excluding carboxylic acids is 2. The van der Waals surface area contributed by atoms with Gasteiger partial charge in [-0.15, -0.1) is 0 Å². The summed E-state index contributed by atoms with van der Waals surface area (Å²) in [4.78, 5) is 29.2. The topological polar surface area (TPSA) is 61.9 Å². The highest BCUT2D eigenvalue weighted by molar-refractivity contribution is 8.26. The fourth-order valence-corrected chi connectivity index (χ4v) is 4.44. The molecule has 4 rings (SSSR count). The first kappa shape index (κ1) is 20.6. The smallest absolute Gasteiger partial charge is 0.267 e. The van der Waals surface area contributed by atoms with Crippen molar-refractivity contribution in [3.63, 3.8) is 0 Å². The average Bonchev–Trinajstić information content (AvgIpc) is 3.05. The first-order chi connectivity index (χ1) is 14.6. The predicted molar refractivity (Wildman–Crippen MR) is 123 cm³/mol. The van der Waals surface area contributed by atoms with Gasteiger partial charge in [0.05, 0.1) is 24.8 Å². The van der Waals surface area contributed by atoms with Gasteiger partial charge in [-0.05, 0) is 35.9 Å². The zero-order valence-corrected chi connectivity index (χ0v) is 17.9. The minimum absolute atomic E-state index is 0.00726. The van der Waals surface area contributed by atoms with Crippen LogP contribution < -0.4 is 5.32 Å².